The van der Waals surface area contributed by atoms with E-state index >= 15 is 0 Å². The minimum absolute atomic E-state index is 0.171. The van der Waals surface area contributed by atoms with Gasteiger partial charge in [-0.2, -0.15) is 0 Å². The number of nitrogens with one attached hydrogen (secondary N) is 1. The standard InChI is InChI=1S/C15H21NO3/c1-18-13-8-6-7-12(11-13)16-15(14(17)19-2)9-4-3-5-10-15/h6-8,11,16H,3-5,9-10H2,1-2H3. The van der Waals surface area contributed by atoms with E-state index in [0.29, 0.717) is 0 Å². The van der Waals surface area contributed by atoms with E-state index in [4.69, 9.17) is 9.47 Å². The van der Waals surface area contributed by atoms with Gasteiger partial charge in [-0.15, -0.1) is 0 Å². The predicted molar refractivity (Wildman–Crippen MR) is 74.4 cm³/mol. The molecule has 0 heterocycles. The fraction of sp³-hybridized carbons (Fsp3) is 0.533. The van der Waals surface area contributed by atoms with Crippen LogP contribution in [0.1, 0.15) is 32.1 Å². The Hall–Kier alpha value is -1.71. The molecule has 4 heteroatoms. The number of hydrogen-bond acceptors (Lipinski definition) is 4. The van der Waals surface area contributed by atoms with Gasteiger partial charge in [0.2, 0.25) is 0 Å². The van der Waals surface area contributed by atoms with Gasteiger partial charge < -0.3 is 14.8 Å². The van der Waals surface area contributed by atoms with Crippen molar-refractivity contribution in [3.8, 4) is 5.75 Å². The van der Waals surface area contributed by atoms with E-state index in [1.165, 1.54) is 13.5 Å². The molecule has 104 valence electrons. The maximum atomic E-state index is 12.1. The number of ether oxygens (including phenoxy) is 2. The normalized spacial score (nSPS) is 17.6. The first-order valence-electron chi connectivity index (χ1n) is 6.71. The topological polar surface area (TPSA) is 47.6 Å². The molecular formula is C15H21NO3. The van der Waals surface area contributed by atoms with Crippen molar-refractivity contribution in [2.45, 2.75) is 37.6 Å². The number of benzene rings is 1. The molecule has 1 saturated carbocycles. The quantitative estimate of drug-likeness (QED) is 0.848. The Morgan fingerprint density at radius 2 is 1.95 bits per heavy atom. The maximum absolute atomic E-state index is 12.1. The first kappa shape index (κ1) is 13.7. The van der Waals surface area contributed by atoms with Gasteiger partial charge in [0, 0.05) is 11.8 Å². The van der Waals surface area contributed by atoms with Crippen molar-refractivity contribution < 1.29 is 14.3 Å². The van der Waals surface area contributed by atoms with Crippen LogP contribution in [0.25, 0.3) is 0 Å². The molecule has 0 unspecified atom stereocenters. The number of anilines is 1. The van der Waals surface area contributed by atoms with Gasteiger partial charge >= 0.3 is 5.97 Å². The van der Waals surface area contributed by atoms with E-state index in [1.54, 1.807) is 7.11 Å². The molecule has 1 aromatic carbocycles. The summed E-state index contributed by atoms with van der Waals surface area (Å²) in [7, 11) is 3.09. The van der Waals surface area contributed by atoms with Crippen molar-refractivity contribution in [2.24, 2.45) is 0 Å². The zero-order valence-electron chi connectivity index (χ0n) is 11.6. The number of carbonyl (C=O) groups excluding carboxylic acids is 1. The highest BCUT2D eigenvalue weighted by Crippen LogP contribution is 2.33. The molecule has 4 nitrogen and oxygen atoms in total. The molecule has 0 atom stereocenters. The Bertz CT molecular complexity index is 439. The van der Waals surface area contributed by atoms with E-state index in [0.717, 1.165) is 37.1 Å². The van der Waals surface area contributed by atoms with E-state index in [-0.39, 0.29) is 5.97 Å². The van der Waals surface area contributed by atoms with Gasteiger partial charge in [-0.1, -0.05) is 25.3 Å². The summed E-state index contributed by atoms with van der Waals surface area (Å²) in [5.74, 6) is 0.607. The summed E-state index contributed by atoms with van der Waals surface area (Å²) in [6.07, 6.45) is 4.91. The molecule has 2 rings (SSSR count). The minimum atomic E-state index is -0.584. The third-order valence-electron chi connectivity index (χ3n) is 3.74. The van der Waals surface area contributed by atoms with Gasteiger partial charge in [-0.05, 0) is 25.0 Å². The Balaban J connectivity index is 2.21. The van der Waals surface area contributed by atoms with Crippen molar-refractivity contribution in [3.05, 3.63) is 24.3 Å². The summed E-state index contributed by atoms with van der Waals surface area (Å²) < 4.78 is 10.2. The average molecular weight is 263 g/mol. The molecule has 0 saturated heterocycles. The van der Waals surface area contributed by atoms with Gasteiger partial charge in [0.15, 0.2) is 0 Å². The first-order chi connectivity index (χ1) is 9.20. The summed E-state index contributed by atoms with van der Waals surface area (Å²) >= 11 is 0. The maximum Gasteiger partial charge on any atom is 0.331 e. The smallest absolute Gasteiger partial charge is 0.331 e. The van der Waals surface area contributed by atoms with Gasteiger partial charge in [0.1, 0.15) is 11.3 Å². The molecule has 1 N–H and O–H groups in total. The number of carbonyl (C=O) groups is 1. The predicted octanol–water partition coefficient (Wildman–Crippen LogP) is 2.98. The van der Waals surface area contributed by atoms with Crippen LogP contribution in [0.2, 0.25) is 0 Å². The Morgan fingerprint density at radius 3 is 2.58 bits per heavy atom. The highest BCUT2D eigenvalue weighted by Gasteiger charge is 2.40. The monoisotopic (exact) mass is 263 g/mol. The summed E-state index contributed by atoms with van der Waals surface area (Å²) in [5, 5.41) is 3.37. The zero-order chi connectivity index (χ0) is 13.7. The third-order valence-corrected chi connectivity index (χ3v) is 3.74. The number of esters is 1. The molecule has 0 radical (unpaired) electrons. The van der Waals surface area contributed by atoms with Crippen LogP contribution in [0.5, 0.6) is 5.75 Å². The highest BCUT2D eigenvalue weighted by atomic mass is 16.5. The molecule has 1 aliphatic rings. The van der Waals surface area contributed by atoms with E-state index in [1.807, 2.05) is 24.3 Å². The van der Waals surface area contributed by atoms with Crippen LogP contribution in [0, 0.1) is 0 Å². The second-order valence-corrected chi connectivity index (χ2v) is 4.99. The van der Waals surface area contributed by atoms with Crippen molar-refractivity contribution >= 4 is 11.7 Å². The van der Waals surface area contributed by atoms with Crippen LogP contribution in [0.15, 0.2) is 24.3 Å². The lowest BCUT2D eigenvalue weighted by molar-refractivity contribution is -0.147. The molecular weight excluding hydrogens is 242 g/mol. The van der Waals surface area contributed by atoms with Crippen LogP contribution in [0.3, 0.4) is 0 Å². The number of methoxy groups -OCH3 is 2. The Morgan fingerprint density at radius 1 is 1.21 bits per heavy atom. The largest absolute Gasteiger partial charge is 0.497 e. The lowest BCUT2D eigenvalue weighted by atomic mass is 9.81. The molecule has 0 bridgehead atoms. The molecule has 0 aliphatic heterocycles. The fourth-order valence-corrected chi connectivity index (χ4v) is 2.71. The highest BCUT2D eigenvalue weighted by molar-refractivity contribution is 5.84. The van der Waals surface area contributed by atoms with E-state index in [9.17, 15) is 4.79 Å². The molecule has 1 fully saturated rings. The SMILES string of the molecule is COC(=O)C1(Nc2cccc(OC)c2)CCCCC1. The van der Waals surface area contributed by atoms with Crippen molar-refractivity contribution in [1.29, 1.82) is 0 Å². The van der Waals surface area contributed by atoms with Crippen molar-refractivity contribution in [1.82, 2.24) is 0 Å². The van der Waals surface area contributed by atoms with Crippen molar-refractivity contribution in [2.75, 3.05) is 19.5 Å². The summed E-state index contributed by atoms with van der Waals surface area (Å²) in [4.78, 5) is 12.1. The van der Waals surface area contributed by atoms with Gasteiger partial charge in [0.25, 0.3) is 0 Å². The lowest BCUT2D eigenvalue weighted by Crippen LogP contribution is -2.48. The van der Waals surface area contributed by atoms with Crippen LogP contribution in [-0.2, 0) is 9.53 Å². The van der Waals surface area contributed by atoms with Gasteiger partial charge in [0.05, 0.1) is 14.2 Å². The van der Waals surface area contributed by atoms with E-state index < -0.39 is 5.54 Å². The summed E-state index contributed by atoms with van der Waals surface area (Å²) in [5.41, 5.74) is 0.311. The summed E-state index contributed by atoms with van der Waals surface area (Å²) in [6.45, 7) is 0. The Labute approximate surface area is 114 Å². The zero-order valence-corrected chi connectivity index (χ0v) is 11.6. The number of hydrogen-bond donors (Lipinski definition) is 1. The average Bonchev–Trinajstić information content (AvgIpc) is 2.47. The van der Waals surface area contributed by atoms with Gasteiger partial charge in [-0.3, -0.25) is 0 Å². The molecule has 0 amide bonds. The molecule has 19 heavy (non-hydrogen) atoms. The number of rotatable bonds is 4. The third kappa shape index (κ3) is 3.00. The minimum Gasteiger partial charge on any atom is -0.497 e. The van der Waals surface area contributed by atoms with Gasteiger partial charge in [-0.25, -0.2) is 4.79 Å². The first-order valence-corrected chi connectivity index (χ1v) is 6.71. The van der Waals surface area contributed by atoms with E-state index in [2.05, 4.69) is 5.32 Å². The second kappa shape index (κ2) is 5.95. The molecule has 1 aliphatic carbocycles. The van der Waals surface area contributed by atoms with Crippen LogP contribution < -0.4 is 10.1 Å². The molecule has 0 spiro atoms. The molecule has 0 aromatic heterocycles. The molecule has 1 aromatic rings. The lowest BCUT2D eigenvalue weighted by Gasteiger charge is -2.36. The second-order valence-electron chi connectivity index (χ2n) is 4.99. The van der Waals surface area contributed by atoms with Crippen LogP contribution in [-0.4, -0.2) is 25.7 Å². The summed E-state index contributed by atoms with van der Waals surface area (Å²) in [6, 6.07) is 7.65. The van der Waals surface area contributed by atoms with Crippen LogP contribution in [0.4, 0.5) is 5.69 Å². The fourth-order valence-electron chi connectivity index (χ4n) is 2.71. The van der Waals surface area contributed by atoms with Crippen LogP contribution >= 0.6 is 0 Å². The van der Waals surface area contributed by atoms with Crippen molar-refractivity contribution in [3.63, 3.8) is 0 Å². The Kier molecular flexibility index (Phi) is 4.30.